The van der Waals surface area contributed by atoms with Gasteiger partial charge in [-0.05, 0) is 76.9 Å². The van der Waals surface area contributed by atoms with Crippen LogP contribution in [0.1, 0.15) is 0 Å². The first-order valence-corrected chi connectivity index (χ1v) is 37.8. The summed E-state index contributed by atoms with van der Waals surface area (Å²) in [6, 6.07) is 135. The Morgan fingerprint density at radius 1 is 0.190 bits per heavy atom. The Balaban J connectivity index is 0.822. The first-order valence-electron chi connectivity index (χ1n) is 33.8. The molecule has 0 saturated carbocycles. The zero-order valence-electron chi connectivity index (χ0n) is 54.4. The van der Waals surface area contributed by atoms with E-state index in [2.05, 4.69) is 349 Å². The minimum absolute atomic E-state index is 0.517. The van der Waals surface area contributed by atoms with E-state index in [0.29, 0.717) is 35.2 Å². The summed E-state index contributed by atoms with van der Waals surface area (Å²) >= 11 is 0. The molecule has 0 radical (unpaired) electrons. The van der Waals surface area contributed by atoms with Crippen molar-refractivity contribution in [2.24, 2.45) is 0 Å². The van der Waals surface area contributed by atoms with E-state index >= 15 is 0 Å². The van der Waals surface area contributed by atoms with Gasteiger partial charge in [-0.15, -0.1) is 0 Å². The van der Waals surface area contributed by atoms with Crippen LogP contribution in [0.3, 0.4) is 0 Å². The minimum Gasteiger partial charge on any atom is -0.278 e. The number of hydrogen-bond acceptors (Lipinski definition) is 6. The van der Waals surface area contributed by atoms with Crippen molar-refractivity contribution in [3.63, 3.8) is 0 Å². The van der Waals surface area contributed by atoms with Crippen molar-refractivity contribution in [2.45, 2.75) is 0 Å². The molecular weight excluding hydrogens is 1250 g/mol. The molecule has 18 aromatic rings. The molecule has 0 aliphatic rings. The van der Waals surface area contributed by atoms with Gasteiger partial charge in [0.25, 0.3) is 0 Å². The summed E-state index contributed by atoms with van der Waals surface area (Å²) in [5, 5.41) is 14.5. The maximum absolute atomic E-state index is 5.60. The Kier molecular flexibility index (Phi) is 15.1. The molecule has 0 N–H and O–H groups in total. The summed E-state index contributed by atoms with van der Waals surface area (Å²) in [5.74, 6) is 3.35. The highest BCUT2D eigenvalue weighted by Crippen LogP contribution is 2.44. The fraction of sp³-hybridized carbons (Fsp3) is 0. The van der Waals surface area contributed by atoms with Crippen molar-refractivity contribution in [1.29, 1.82) is 0 Å². The number of benzene rings is 14. The number of aromatic nitrogens is 8. The van der Waals surface area contributed by atoms with Crippen LogP contribution in [0, 0.1) is 0 Å². The van der Waals surface area contributed by atoms with Crippen LogP contribution >= 0.6 is 0 Å². The molecule has 0 atom stereocenters. The molecule has 10 heteroatoms. The SMILES string of the molecule is c1ccc(-c2nc(-c3cccc([Si](c4ccccc4)(c4ccccc4)c4ccccc4)c3)nc(-n3c4ccccc4c4c(-c5cccc6c5c5ccccc5n6-c5nc(-c6ccccc6)nc(-c6cccc([Si](c7ccccc7)(c7ccccc7)c7ccccc7)c6)n5)cccc43)n2)cc1. The van der Waals surface area contributed by atoms with Gasteiger partial charge >= 0.3 is 0 Å². The monoisotopic (exact) mass is 1310 g/mol. The second kappa shape index (κ2) is 25.3. The van der Waals surface area contributed by atoms with E-state index in [4.69, 9.17) is 29.9 Å². The van der Waals surface area contributed by atoms with E-state index < -0.39 is 16.1 Å². The molecule has 0 aliphatic heterocycles. The highest BCUT2D eigenvalue weighted by Gasteiger charge is 2.43. The molecule has 470 valence electrons. The van der Waals surface area contributed by atoms with Crippen LogP contribution in [0.5, 0.6) is 0 Å². The highest BCUT2D eigenvalue weighted by molar-refractivity contribution is 7.20. The van der Waals surface area contributed by atoms with Gasteiger partial charge in [0.05, 0.1) is 22.1 Å². The van der Waals surface area contributed by atoms with Crippen molar-refractivity contribution in [3.05, 3.63) is 376 Å². The van der Waals surface area contributed by atoms with Gasteiger partial charge < -0.3 is 0 Å². The van der Waals surface area contributed by atoms with Crippen LogP contribution in [0.15, 0.2) is 376 Å². The molecule has 100 heavy (non-hydrogen) atoms. The summed E-state index contributed by atoms with van der Waals surface area (Å²) in [5.41, 5.74) is 9.58. The number of para-hydroxylation sites is 2. The van der Waals surface area contributed by atoms with Crippen LogP contribution in [-0.4, -0.2) is 55.2 Å². The molecular formula is C90H62N8Si2. The van der Waals surface area contributed by atoms with Crippen molar-refractivity contribution in [3.8, 4) is 68.6 Å². The van der Waals surface area contributed by atoms with Gasteiger partial charge in [-0.2, -0.15) is 19.9 Å². The van der Waals surface area contributed by atoms with E-state index in [0.717, 1.165) is 77.0 Å². The predicted molar refractivity (Wildman–Crippen MR) is 416 cm³/mol. The first-order chi connectivity index (χ1) is 49.6. The van der Waals surface area contributed by atoms with Crippen molar-refractivity contribution >= 4 is 101 Å². The average Bonchev–Trinajstić information content (AvgIpc) is 0.788. The first kappa shape index (κ1) is 59.6. The topological polar surface area (TPSA) is 87.2 Å². The summed E-state index contributed by atoms with van der Waals surface area (Å²) in [4.78, 5) is 32.9. The van der Waals surface area contributed by atoms with Crippen molar-refractivity contribution in [1.82, 2.24) is 39.0 Å². The molecule has 0 saturated heterocycles. The maximum atomic E-state index is 5.60. The van der Waals surface area contributed by atoms with E-state index in [1.807, 2.05) is 36.4 Å². The summed E-state index contributed by atoms with van der Waals surface area (Å²) in [7, 11) is -5.86. The minimum atomic E-state index is -2.93. The maximum Gasteiger partial charge on any atom is 0.238 e. The number of fused-ring (bicyclic) bond motifs is 6. The number of rotatable bonds is 15. The lowest BCUT2D eigenvalue weighted by Gasteiger charge is -2.34. The van der Waals surface area contributed by atoms with E-state index in [1.54, 1.807) is 0 Å². The summed E-state index contributed by atoms with van der Waals surface area (Å²) < 4.78 is 4.46. The van der Waals surface area contributed by atoms with Crippen LogP contribution in [0.4, 0.5) is 0 Å². The molecule has 0 amide bonds. The normalized spacial score (nSPS) is 11.8. The standard InChI is InChI=1S/C90H62N8Si2/c1-9-33-63(34-10-1)85-91-87(65-37-29-51-73(61-65)99(67-39-13-3-14-40-67,68-41-15-4-16-42-68)69-43-17-5-18-44-69)95-89(93-85)97-79-57-27-25-53-77(79)83-75(55-31-59-81(83)97)76-56-32-60-82-84(76)78-54-26-28-58-80(78)98(82)90-94-86(64-35-11-2-12-36-64)92-88(96-90)66-38-30-52-74(62-66)100(70-45-19-6-20-46-70,71-47-21-7-22-48-71)72-49-23-8-24-50-72/h1-62H. The third-order valence-electron chi connectivity index (χ3n) is 19.7. The van der Waals surface area contributed by atoms with Crippen molar-refractivity contribution in [2.75, 3.05) is 0 Å². The lowest BCUT2D eigenvalue weighted by Crippen LogP contribution is -2.74. The zero-order chi connectivity index (χ0) is 66.4. The van der Waals surface area contributed by atoms with E-state index in [9.17, 15) is 0 Å². The highest BCUT2D eigenvalue weighted by atomic mass is 28.3. The molecule has 0 aliphatic carbocycles. The lowest BCUT2D eigenvalue weighted by molar-refractivity contribution is 0.953. The fourth-order valence-electron chi connectivity index (χ4n) is 15.5. The van der Waals surface area contributed by atoms with E-state index in [-0.39, 0.29) is 0 Å². The quantitative estimate of drug-likeness (QED) is 0.0751. The third kappa shape index (κ3) is 10.0. The Bertz CT molecular complexity index is 5450. The molecule has 14 aromatic carbocycles. The number of nitrogens with zero attached hydrogens (tertiary/aromatic N) is 8. The van der Waals surface area contributed by atoms with Gasteiger partial charge in [0, 0.05) is 43.8 Å². The lowest BCUT2D eigenvalue weighted by atomic mass is 9.95. The van der Waals surface area contributed by atoms with Gasteiger partial charge in [-0.1, -0.05) is 352 Å². The third-order valence-corrected chi connectivity index (χ3v) is 29.3. The molecule has 8 nitrogen and oxygen atoms in total. The Labute approximate surface area is 581 Å². The molecule has 4 heterocycles. The van der Waals surface area contributed by atoms with Crippen molar-refractivity contribution < 1.29 is 0 Å². The summed E-state index contributed by atoms with van der Waals surface area (Å²) in [6.45, 7) is 0. The van der Waals surface area contributed by atoms with Gasteiger partial charge in [-0.25, -0.2) is 9.97 Å². The Morgan fingerprint density at radius 2 is 0.430 bits per heavy atom. The molecule has 18 rings (SSSR count). The second-order valence-corrected chi connectivity index (χ2v) is 32.9. The molecule has 4 aromatic heterocycles. The van der Waals surface area contributed by atoms with Gasteiger partial charge in [0.1, 0.15) is 0 Å². The Morgan fingerprint density at radius 3 is 0.750 bits per heavy atom. The molecule has 0 spiro atoms. The predicted octanol–water partition coefficient (Wildman–Crippen LogP) is 15.3. The molecule has 0 fully saturated rings. The zero-order valence-corrected chi connectivity index (χ0v) is 56.4. The Hall–Kier alpha value is -12.9. The van der Waals surface area contributed by atoms with Crippen LogP contribution in [0.2, 0.25) is 0 Å². The van der Waals surface area contributed by atoms with Crippen LogP contribution in [0.25, 0.3) is 112 Å². The second-order valence-electron chi connectivity index (χ2n) is 25.3. The van der Waals surface area contributed by atoms with Crippen LogP contribution < -0.4 is 41.5 Å². The smallest absolute Gasteiger partial charge is 0.238 e. The van der Waals surface area contributed by atoms with Gasteiger partial charge in [0.15, 0.2) is 39.4 Å². The number of hydrogen-bond donors (Lipinski definition) is 0. The largest absolute Gasteiger partial charge is 0.278 e. The average molecular weight is 1310 g/mol. The van der Waals surface area contributed by atoms with Gasteiger partial charge in [-0.3, -0.25) is 9.13 Å². The van der Waals surface area contributed by atoms with Crippen LogP contribution in [-0.2, 0) is 0 Å². The van der Waals surface area contributed by atoms with Gasteiger partial charge in [0.2, 0.25) is 11.9 Å². The molecule has 0 unspecified atom stereocenters. The molecule has 0 bridgehead atoms. The summed E-state index contributed by atoms with van der Waals surface area (Å²) in [6.07, 6.45) is 0. The fourth-order valence-corrected chi connectivity index (χ4v) is 25.0. The van der Waals surface area contributed by atoms with E-state index in [1.165, 1.54) is 41.5 Å².